The van der Waals surface area contributed by atoms with E-state index in [0.717, 1.165) is 23.2 Å². The quantitative estimate of drug-likeness (QED) is 0.489. The Morgan fingerprint density at radius 3 is 2.65 bits per heavy atom. The summed E-state index contributed by atoms with van der Waals surface area (Å²) in [6.45, 7) is 3.21. The third kappa shape index (κ3) is 5.35. The van der Waals surface area contributed by atoms with Crippen LogP contribution in [0.3, 0.4) is 0 Å². The van der Waals surface area contributed by atoms with E-state index in [1.165, 1.54) is 25.3 Å². The molecule has 2 aromatic heterocycles. The van der Waals surface area contributed by atoms with Crippen LogP contribution in [0.15, 0.2) is 64.5 Å². The molecule has 2 heterocycles. The highest BCUT2D eigenvalue weighted by Gasteiger charge is 2.46. The first-order valence-corrected chi connectivity index (χ1v) is 12.5. The zero-order valence-electron chi connectivity index (χ0n) is 18.7. The van der Waals surface area contributed by atoms with Crippen molar-refractivity contribution in [2.75, 3.05) is 5.32 Å². The molecule has 11 heteroatoms. The molecule has 1 saturated carbocycles. The number of anilines is 1. The van der Waals surface area contributed by atoms with Gasteiger partial charge in [-0.25, -0.2) is 17.8 Å². The third-order valence-electron chi connectivity index (χ3n) is 5.73. The van der Waals surface area contributed by atoms with Gasteiger partial charge >= 0.3 is 0 Å². The van der Waals surface area contributed by atoms with Crippen molar-refractivity contribution >= 4 is 33.2 Å². The standard InChI is InChI=1S/C23H24ClN5O4S/c1-15-6-7-18(27-22(31)16(2)29-21(30)11-17(24)14-26-29)12-20(15)34(32,33)28-23(8-9-23)13-19-5-3-4-10-25-19/h3-7,10-12,14,16,28H,8-9,13H2,1-2H3,(H,27,31)/t16-/m1/s1. The van der Waals surface area contributed by atoms with E-state index in [1.807, 2.05) is 18.2 Å². The number of hydrogen-bond acceptors (Lipinski definition) is 6. The van der Waals surface area contributed by atoms with Gasteiger partial charge in [0, 0.05) is 35.6 Å². The molecule has 2 N–H and O–H groups in total. The summed E-state index contributed by atoms with van der Waals surface area (Å²) in [5, 5.41) is 6.73. The molecule has 0 unspecified atom stereocenters. The largest absolute Gasteiger partial charge is 0.324 e. The molecule has 4 rings (SSSR count). The number of rotatable bonds is 8. The molecule has 3 aromatic rings. The van der Waals surface area contributed by atoms with E-state index in [1.54, 1.807) is 25.3 Å². The number of sulfonamides is 1. The Labute approximate surface area is 202 Å². The molecule has 1 aliphatic carbocycles. The molecule has 1 aromatic carbocycles. The van der Waals surface area contributed by atoms with E-state index in [9.17, 15) is 18.0 Å². The SMILES string of the molecule is Cc1ccc(NC(=O)[C@@H](C)n2ncc(Cl)cc2=O)cc1S(=O)(=O)NC1(Cc2ccccn2)CC1. The molecular weight excluding hydrogens is 478 g/mol. The molecule has 0 aliphatic heterocycles. The van der Waals surface area contributed by atoms with Gasteiger partial charge in [-0.1, -0.05) is 23.7 Å². The van der Waals surface area contributed by atoms with Crippen LogP contribution in [-0.2, 0) is 21.2 Å². The van der Waals surface area contributed by atoms with Crippen LogP contribution in [0.2, 0.25) is 5.02 Å². The van der Waals surface area contributed by atoms with E-state index >= 15 is 0 Å². The molecule has 1 aliphatic rings. The van der Waals surface area contributed by atoms with Crippen molar-refractivity contribution in [1.82, 2.24) is 19.5 Å². The predicted octanol–water partition coefficient (Wildman–Crippen LogP) is 2.85. The second-order valence-corrected chi connectivity index (χ2v) is 10.6. The number of benzene rings is 1. The Kier molecular flexibility index (Phi) is 6.57. The van der Waals surface area contributed by atoms with Gasteiger partial charge in [0.2, 0.25) is 15.9 Å². The summed E-state index contributed by atoms with van der Waals surface area (Å²) in [5.41, 5.74) is 0.575. The Hall–Kier alpha value is -3.08. The summed E-state index contributed by atoms with van der Waals surface area (Å²) in [6, 6.07) is 10.4. The molecule has 178 valence electrons. The number of aromatic nitrogens is 3. The Balaban J connectivity index is 1.52. The minimum Gasteiger partial charge on any atom is -0.324 e. The summed E-state index contributed by atoms with van der Waals surface area (Å²) in [5.74, 6) is -0.522. The fourth-order valence-electron chi connectivity index (χ4n) is 3.67. The van der Waals surface area contributed by atoms with Crippen LogP contribution in [0, 0.1) is 6.92 Å². The lowest BCUT2D eigenvalue weighted by Crippen LogP contribution is -2.39. The highest BCUT2D eigenvalue weighted by Crippen LogP contribution is 2.40. The fraction of sp³-hybridized carbons (Fsp3) is 0.304. The van der Waals surface area contributed by atoms with Crippen LogP contribution in [0.5, 0.6) is 0 Å². The number of pyridine rings is 1. The monoisotopic (exact) mass is 501 g/mol. The molecule has 0 saturated heterocycles. The first-order valence-electron chi connectivity index (χ1n) is 10.7. The zero-order valence-corrected chi connectivity index (χ0v) is 20.2. The molecule has 34 heavy (non-hydrogen) atoms. The maximum absolute atomic E-state index is 13.3. The Morgan fingerprint density at radius 2 is 2.00 bits per heavy atom. The van der Waals surface area contributed by atoms with Crippen LogP contribution >= 0.6 is 11.6 Å². The van der Waals surface area contributed by atoms with Gasteiger partial charge in [-0.15, -0.1) is 0 Å². The second-order valence-electron chi connectivity index (χ2n) is 8.49. The number of nitrogens with zero attached hydrogens (tertiary/aromatic N) is 3. The number of halogens is 1. The average Bonchev–Trinajstić information content (AvgIpc) is 3.53. The van der Waals surface area contributed by atoms with Crippen LogP contribution in [0.1, 0.15) is 37.1 Å². The van der Waals surface area contributed by atoms with Crippen LogP contribution in [0.25, 0.3) is 0 Å². The lowest BCUT2D eigenvalue weighted by Gasteiger charge is -2.19. The van der Waals surface area contributed by atoms with Gasteiger partial charge < -0.3 is 5.32 Å². The van der Waals surface area contributed by atoms with Crippen LogP contribution < -0.4 is 15.6 Å². The van der Waals surface area contributed by atoms with Gasteiger partial charge in [0.15, 0.2) is 0 Å². The summed E-state index contributed by atoms with van der Waals surface area (Å²) in [6.07, 6.45) is 4.90. The van der Waals surface area contributed by atoms with E-state index in [-0.39, 0.29) is 9.92 Å². The summed E-state index contributed by atoms with van der Waals surface area (Å²) in [7, 11) is -3.86. The summed E-state index contributed by atoms with van der Waals surface area (Å²) in [4.78, 5) is 29.2. The van der Waals surface area contributed by atoms with Crippen LogP contribution in [0.4, 0.5) is 5.69 Å². The van der Waals surface area contributed by atoms with Crippen molar-refractivity contribution in [3.63, 3.8) is 0 Å². The lowest BCUT2D eigenvalue weighted by atomic mass is 10.1. The molecule has 0 radical (unpaired) electrons. The Bertz CT molecular complexity index is 1390. The molecule has 1 atom stereocenters. The van der Waals surface area contributed by atoms with E-state index in [0.29, 0.717) is 17.7 Å². The third-order valence-corrected chi connectivity index (χ3v) is 7.66. The van der Waals surface area contributed by atoms with E-state index < -0.39 is 33.1 Å². The zero-order chi connectivity index (χ0) is 24.5. The number of hydrogen-bond donors (Lipinski definition) is 2. The molecule has 9 nitrogen and oxygen atoms in total. The molecular formula is C23H24ClN5O4S. The van der Waals surface area contributed by atoms with Gasteiger partial charge in [0.1, 0.15) is 6.04 Å². The van der Waals surface area contributed by atoms with Crippen LogP contribution in [-0.4, -0.2) is 34.6 Å². The van der Waals surface area contributed by atoms with Crippen molar-refractivity contribution < 1.29 is 13.2 Å². The number of nitrogens with one attached hydrogen (secondary N) is 2. The number of aryl methyl sites for hydroxylation is 1. The van der Waals surface area contributed by atoms with Crippen molar-refractivity contribution in [1.29, 1.82) is 0 Å². The smallest absolute Gasteiger partial charge is 0.268 e. The highest BCUT2D eigenvalue weighted by molar-refractivity contribution is 7.89. The van der Waals surface area contributed by atoms with Crippen molar-refractivity contribution in [3.8, 4) is 0 Å². The Morgan fingerprint density at radius 1 is 1.24 bits per heavy atom. The van der Waals surface area contributed by atoms with E-state index in [4.69, 9.17) is 11.6 Å². The molecule has 1 amide bonds. The van der Waals surface area contributed by atoms with Gasteiger partial charge in [-0.05, 0) is 56.5 Å². The maximum atomic E-state index is 13.3. The van der Waals surface area contributed by atoms with Gasteiger partial charge in [0.05, 0.1) is 16.1 Å². The average molecular weight is 502 g/mol. The summed E-state index contributed by atoms with van der Waals surface area (Å²) < 4.78 is 30.4. The topological polar surface area (TPSA) is 123 Å². The van der Waals surface area contributed by atoms with Crippen molar-refractivity contribution in [2.24, 2.45) is 0 Å². The molecule has 0 bridgehead atoms. The first kappa shape index (κ1) is 24.1. The summed E-state index contributed by atoms with van der Waals surface area (Å²) >= 11 is 5.76. The van der Waals surface area contributed by atoms with E-state index in [2.05, 4.69) is 20.1 Å². The normalized spacial score (nSPS) is 15.5. The minimum atomic E-state index is -3.86. The maximum Gasteiger partial charge on any atom is 0.268 e. The van der Waals surface area contributed by atoms with Gasteiger partial charge in [-0.3, -0.25) is 14.6 Å². The van der Waals surface area contributed by atoms with Gasteiger partial charge in [0.25, 0.3) is 5.56 Å². The number of carbonyl (C=O) groups is 1. The lowest BCUT2D eigenvalue weighted by molar-refractivity contribution is -0.119. The molecule has 0 spiro atoms. The minimum absolute atomic E-state index is 0.0760. The van der Waals surface area contributed by atoms with Crippen molar-refractivity contribution in [2.45, 2.75) is 49.6 Å². The highest BCUT2D eigenvalue weighted by atomic mass is 35.5. The second kappa shape index (κ2) is 9.28. The van der Waals surface area contributed by atoms with Crippen molar-refractivity contribution in [3.05, 3.63) is 81.5 Å². The number of amides is 1. The molecule has 1 fully saturated rings. The van der Waals surface area contributed by atoms with Gasteiger partial charge in [-0.2, -0.15) is 5.10 Å². The fourth-order valence-corrected chi connectivity index (χ4v) is 5.53. The number of carbonyl (C=O) groups excluding carboxylic acids is 1. The predicted molar refractivity (Wildman–Crippen MR) is 128 cm³/mol. The first-order chi connectivity index (χ1) is 16.1.